The van der Waals surface area contributed by atoms with Crippen LogP contribution in [0.5, 0.6) is 11.5 Å². The molecule has 0 saturated carbocycles. The molecule has 2 aromatic rings. The molecule has 0 atom stereocenters. The summed E-state index contributed by atoms with van der Waals surface area (Å²) >= 11 is 0. The van der Waals surface area contributed by atoms with E-state index in [-0.39, 0.29) is 42.7 Å². The molecule has 182 valence electrons. The molecule has 1 aliphatic rings. The monoisotopic (exact) mass is 489 g/mol. The number of methoxy groups -OCH3 is 1. The standard InChI is InChI=1S/C23H27N3O7S/c1-3-15-33-21-9-7-18(16-22(21)32-2)8-10-23(27)24-11-13-25(14-12-24)34(30,31)20-6-4-5-19(17-20)26(28)29/h4-10,16-17H,3,11-15H2,1-2H3/b10-8+. The van der Waals surface area contributed by atoms with Crippen molar-refractivity contribution in [3.05, 3.63) is 64.2 Å². The molecule has 11 heteroatoms. The van der Waals surface area contributed by atoms with Crippen molar-refractivity contribution in [1.82, 2.24) is 9.21 Å². The van der Waals surface area contributed by atoms with Gasteiger partial charge in [-0.25, -0.2) is 8.42 Å². The second-order valence-electron chi connectivity index (χ2n) is 7.58. The van der Waals surface area contributed by atoms with Gasteiger partial charge in [0.1, 0.15) is 0 Å². The van der Waals surface area contributed by atoms with Crippen LogP contribution in [0.3, 0.4) is 0 Å². The number of nitrogens with zero attached hydrogens (tertiary/aromatic N) is 3. The van der Waals surface area contributed by atoms with Gasteiger partial charge >= 0.3 is 0 Å². The lowest BCUT2D eigenvalue weighted by atomic mass is 10.2. The largest absolute Gasteiger partial charge is 0.493 e. The van der Waals surface area contributed by atoms with Crippen LogP contribution in [0.2, 0.25) is 0 Å². The van der Waals surface area contributed by atoms with E-state index in [1.54, 1.807) is 30.2 Å². The number of carbonyl (C=O) groups is 1. The van der Waals surface area contributed by atoms with Crippen LogP contribution in [0, 0.1) is 10.1 Å². The topological polar surface area (TPSA) is 119 Å². The van der Waals surface area contributed by atoms with Gasteiger partial charge in [0.2, 0.25) is 15.9 Å². The molecule has 34 heavy (non-hydrogen) atoms. The van der Waals surface area contributed by atoms with Crippen LogP contribution in [0.25, 0.3) is 6.08 Å². The zero-order valence-electron chi connectivity index (χ0n) is 19.0. The number of nitro benzene ring substituents is 1. The molecule has 0 unspecified atom stereocenters. The lowest BCUT2D eigenvalue weighted by Gasteiger charge is -2.33. The number of carbonyl (C=O) groups excluding carboxylic acids is 1. The van der Waals surface area contributed by atoms with Gasteiger partial charge in [-0.1, -0.05) is 19.1 Å². The summed E-state index contributed by atoms with van der Waals surface area (Å²) < 4.78 is 38.0. The third-order valence-corrected chi connectivity index (χ3v) is 7.18. The minimum absolute atomic E-state index is 0.0991. The Bertz CT molecular complexity index is 1170. The van der Waals surface area contributed by atoms with Gasteiger partial charge < -0.3 is 14.4 Å². The highest BCUT2D eigenvalue weighted by atomic mass is 32.2. The van der Waals surface area contributed by atoms with Crippen molar-refractivity contribution in [2.24, 2.45) is 0 Å². The van der Waals surface area contributed by atoms with E-state index in [0.29, 0.717) is 18.1 Å². The molecule has 0 spiro atoms. The van der Waals surface area contributed by atoms with E-state index in [0.717, 1.165) is 18.1 Å². The Morgan fingerprint density at radius 3 is 2.50 bits per heavy atom. The summed E-state index contributed by atoms with van der Waals surface area (Å²) in [6.07, 6.45) is 3.98. The molecule has 0 aromatic heterocycles. The van der Waals surface area contributed by atoms with Crippen molar-refractivity contribution in [3.63, 3.8) is 0 Å². The molecule has 0 radical (unpaired) electrons. The van der Waals surface area contributed by atoms with Crippen LogP contribution in [-0.4, -0.2) is 68.3 Å². The van der Waals surface area contributed by atoms with Gasteiger partial charge in [-0.3, -0.25) is 14.9 Å². The fraction of sp³-hybridized carbons (Fsp3) is 0.348. The van der Waals surface area contributed by atoms with Crippen LogP contribution < -0.4 is 9.47 Å². The predicted octanol–water partition coefficient (Wildman–Crippen LogP) is 2.94. The number of sulfonamides is 1. The molecule has 0 N–H and O–H groups in total. The number of nitro groups is 1. The van der Waals surface area contributed by atoms with Crippen molar-refractivity contribution in [2.45, 2.75) is 18.2 Å². The van der Waals surface area contributed by atoms with Gasteiger partial charge in [0.25, 0.3) is 5.69 Å². The van der Waals surface area contributed by atoms with E-state index in [1.165, 1.54) is 28.6 Å². The Morgan fingerprint density at radius 1 is 1.12 bits per heavy atom. The van der Waals surface area contributed by atoms with E-state index in [2.05, 4.69) is 0 Å². The first-order valence-corrected chi connectivity index (χ1v) is 12.2. The van der Waals surface area contributed by atoms with Gasteiger partial charge in [0.05, 0.1) is 23.5 Å². The zero-order valence-corrected chi connectivity index (χ0v) is 19.9. The number of piperazine rings is 1. The molecule has 0 aliphatic carbocycles. The molecule has 1 amide bonds. The molecule has 0 bridgehead atoms. The van der Waals surface area contributed by atoms with E-state index >= 15 is 0 Å². The third kappa shape index (κ3) is 5.91. The Morgan fingerprint density at radius 2 is 1.85 bits per heavy atom. The fourth-order valence-corrected chi connectivity index (χ4v) is 4.91. The molecular formula is C23H27N3O7S. The van der Waals surface area contributed by atoms with Gasteiger partial charge in [-0.05, 0) is 36.3 Å². The van der Waals surface area contributed by atoms with Gasteiger partial charge in [0.15, 0.2) is 11.5 Å². The van der Waals surface area contributed by atoms with Crippen molar-refractivity contribution >= 4 is 27.7 Å². The van der Waals surface area contributed by atoms with E-state index in [4.69, 9.17) is 9.47 Å². The summed E-state index contributed by atoms with van der Waals surface area (Å²) in [5, 5.41) is 11.0. The number of hydrogen-bond acceptors (Lipinski definition) is 7. The van der Waals surface area contributed by atoms with Crippen LogP contribution in [0.1, 0.15) is 18.9 Å². The molecule has 2 aromatic carbocycles. The lowest BCUT2D eigenvalue weighted by molar-refractivity contribution is -0.385. The second-order valence-corrected chi connectivity index (χ2v) is 9.51. The normalized spacial score (nSPS) is 14.8. The van der Waals surface area contributed by atoms with Crippen molar-refractivity contribution in [1.29, 1.82) is 0 Å². The van der Waals surface area contributed by atoms with Crippen LogP contribution in [-0.2, 0) is 14.8 Å². The highest BCUT2D eigenvalue weighted by molar-refractivity contribution is 7.89. The minimum Gasteiger partial charge on any atom is -0.493 e. The van der Waals surface area contributed by atoms with Gasteiger partial charge in [-0.15, -0.1) is 0 Å². The molecule has 1 saturated heterocycles. The van der Waals surface area contributed by atoms with E-state index in [1.807, 2.05) is 13.0 Å². The summed E-state index contributed by atoms with van der Waals surface area (Å²) in [6.45, 7) is 3.21. The van der Waals surface area contributed by atoms with Crippen molar-refractivity contribution < 1.29 is 27.6 Å². The fourth-order valence-electron chi connectivity index (χ4n) is 3.45. The first-order valence-electron chi connectivity index (χ1n) is 10.8. The average molecular weight is 490 g/mol. The average Bonchev–Trinajstić information content (AvgIpc) is 2.86. The SMILES string of the molecule is CCCOc1ccc(/C=C/C(=O)N2CCN(S(=O)(=O)c3cccc([N+](=O)[O-])c3)CC2)cc1OC. The lowest BCUT2D eigenvalue weighted by Crippen LogP contribution is -2.50. The smallest absolute Gasteiger partial charge is 0.270 e. The number of ether oxygens (including phenoxy) is 2. The summed E-state index contributed by atoms with van der Waals surface area (Å²) in [6, 6.07) is 10.3. The predicted molar refractivity (Wildman–Crippen MR) is 126 cm³/mol. The van der Waals surface area contributed by atoms with Crippen molar-refractivity contribution in [3.8, 4) is 11.5 Å². The van der Waals surface area contributed by atoms with Gasteiger partial charge in [0, 0.05) is 44.4 Å². The molecular weight excluding hydrogens is 462 g/mol. The maximum absolute atomic E-state index is 12.9. The summed E-state index contributed by atoms with van der Waals surface area (Å²) in [5.74, 6) is 0.967. The number of rotatable bonds is 9. The quantitative estimate of drug-likeness (QED) is 0.302. The van der Waals surface area contributed by atoms with Crippen LogP contribution in [0.15, 0.2) is 53.4 Å². The Hall–Kier alpha value is -3.44. The zero-order chi connectivity index (χ0) is 24.7. The number of amides is 1. The maximum Gasteiger partial charge on any atom is 0.270 e. The second kappa shape index (κ2) is 11.1. The molecule has 1 heterocycles. The van der Waals surface area contributed by atoms with E-state index < -0.39 is 14.9 Å². The minimum atomic E-state index is -3.89. The number of hydrogen-bond donors (Lipinski definition) is 0. The summed E-state index contributed by atoms with van der Waals surface area (Å²) in [4.78, 5) is 24.4. The third-order valence-electron chi connectivity index (χ3n) is 5.28. The van der Waals surface area contributed by atoms with E-state index in [9.17, 15) is 23.3 Å². The summed E-state index contributed by atoms with van der Waals surface area (Å²) in [5.41, 5.74) is 0.475. The highest BCUT2D eigenvalue weighted by Gasteiger charge is 2.30. The number of non-ortho nitro benzene ring substituents is 1. The Kier molecular flexibility index (Phi) is 8.24. The molecule has 10 nitrogen and oxygen atoms in total. The molecule has 1 fully saturated rings. The highest BCUT2D eigenvalue weighted by Crippen LogP contribution is 2.29. The first kappa shape index (κ1) is 25.2. The molecule has 3 rings (SSSR count). The molecule has 1 aliphatic heterocycles. The summed E-state index contributed by atoms with van der Waals surface area (Å²) in [7, 11) is -2.34. The van der Waals surface area contributed by atoms with Crippen molar-refractivity contribution in [2.75, 3.05) is 39.9 Å². The van der Waals surface area contributed by atoms with Crippen LogP contribution in [0.4, 0.5) is 5.69 Å². The maximum atomic E-state index is 12.9. The first-order chi connectivity index (χ1) is 16.3. The van der Waals surface area contributed by atoms with Crippen LogP contribution >= 0.6 is 0 Å². The Labute approximate surface area is 198 Å². The van der Waals surface area contributed by atoms with Gasteiger partial charge in [-0.2, -0.15) is 4.31 Å². The number of benzene rings is 2. The Balaban J connectivity index is 1.62.